The van der Waals surface area contributed by atoms with E-state index in [1.54, 1.807) is 18.6 Å². The van der Waals surface area contributed by atoms with Gasteiger partial charge in [0.1, 0.15) is 6.20 Å². The van der Waals surface area contributed by atoms with Crippen LogP contribution >= 0.6 is 0 Å². The molecule has 0 fully saturated rings. The van der Waals surface area contributed by atoms with Crippen LogP contribution in [0, 0.1) is 0 Å². The highest BCUT2D eigenvalue weighted by Crippen LogP contribution is 2.08. The lowest BCUT2D eigenvalue weighted by molar-refractivity contribution is -0.556. The summed E-state index contributed by atoms with van der Waals surface area (Å²) in [6.45, 7) is -1.76. The van der Waals surface area contributed by atoms with Gasteiger partial charge in [0.2, 0.25) is 6.33 Å². The average Bonchev–Trinajstić information content (AvgIpc) is 3.31. The molecule has 0 unspecified atom stereocenters. The minimum absolute atomic E-state index is 1.76. The lowest BCUT2D eigenvalue weighted by atomic mass is 9.74. The summed E-state index contributed by atoms with van der Waals surface area (Å²) in [6, 6.07) is 5.69. The van der Waals surface area contributed by atoms with Crippen LogP contribution in [0.4, 0.5) is 0 Å². The zero-order valence-electron chi connectivity index (χ0n) is 12.1. The Bertz CT molecular complexity index is 760. The smallest absolute Gasteiger partial charge is 0.371 e. The van der Waals surface area contributed by atoms with E-state index in [1.165, 1.54) is 0 Å². The van der Waals surface area contributed by atoms with Gasteiger partial charge in [-0.15, -0.1) is 0 Å². The quantitative estimate of drug-likeness (QED) is 0.491. The molecule has 4 aromatic heterocycles. The van der Waals surface area contributed by atoms with Crippen LogP contribution in [0.1, 0.15) is 0 Å². The number of hydrogen-bond donors (Lipinski definition) is 0. The SMILES string of the molecule is Cn1cc[n+]([B-](n2cccn2)(n2cccn2)n2cccn2)c1. The van der Waals surface area contributed by atoms with Gasteiger partial charge in [0, 0.05) is 18.6 Å². The minimum atomic E-state index is -1.76. The van der Waals surface area contributed by atoms with Gasteiger partial charge >= 0.3 is 6.69 Å². The van der Waals surface area contributed by atoms with E-state index in [2.05, 4.69) is 19.8 Å². The van der Waals surface area contributed by atoms with Crippen LogP contribution in [0.15, 0.2) is 74.1 Å². The summed E-state index contributed by atoms with van der Waals surface area (Å²) >= 11 is 0. The minimum Gasteiger partial charge on any atom is -0.371 e. The second-order valence-corrected chi connectivity index (χ2v) is 5.18. The third-order valence-electron chi connectivity index (χ3n) is 3.83. The summed E-state index contributed by atoms with van der Waals surface area (Å²) in [5, 5.41) is 13.4. The normalized spacial score (nSPS) is 11.9. The molecule has 0 radical (unpaired) electrons. The largest absolute Gasteiger partial charge is 0.550 e. The number of hydrogen-bond acceptors (Lipinski definition) is 3. The van der Waals surface area contributed by atoms with Gasteiger partial charge < -0.3 is 18.3 Å². The van der Waals surface area contributed by atoms with E-state index in [0.717, 1.165) is 0 Å². The zero-order chi connectivity index (χ0) is 15.0. The van der Waals surface area contributed by atoms with E-state index in [-0.39, 0.29) is 0 Å². The maximum Gasteiger partial charge on any atom is 0.550 e. The van der Waals surface area contributed by atoms with Gasteiger partial charge in [-0.25, -0.2) is 19.9 Å². The fourth-order valence-electron chi connectivity index (χ4n) is 2.90. The maximum absolute atomic E-state index is 4.48. The first-order chi connectivity index (χ1) is 10.8. The van der Waals surface area contributed by atoms with Gasteiger partial charge in [-0.2, -0.15) is 0 Å². The second kappa shape index (κ2) is 4.73. The van der Waals surface area contributed by atoms with Gasteiger partial charge in [-0.3, -0.25) is 0 Å². The molecule has 0 amide bonds. The summed E-state index contributed by atoms with van der Waals surface area (Å²) < 4.78 is 9.67. The van der Waals surface area contributed by atoms with Crippen LogP contribution in [0.25, 0.3) is 0 Å². The number of aromatic nitrogens is 8. The maximum atomic E-state index is 4.48. The van der Waals surface area contributed by atoms with Crippen molar-refractivity contribution in [1.82, 2.24) is 33.6 Å². The lowest BCUT2D eigenvalue weighted by Gasteiger charge is -2.37. The molecule has 0 aliphatic rings. The Morgan fingerprint density at radius 2 is 1.27 bits per heavy atom. The van der Waals surface area contributed by atoms with Crippen LogP contribution in [-0.4, -0.2) is 40.3 Å². The molecule has 0 bridgehead atoms. The third-order valence-corrected chi connectivity index (χ3v) is 3.83. The monoisotopic (exact) mass is 294 g/mol. The van der Waals surface area contributed by atoms with Crippen molar-refractivity contribution >= 4 is 6.69 Å². The van der Waals surface area contributed by atoms with E-state index in [4.69, 9.17) is 0 Å². The van der Waals surface area contributed by atoms with Crippen molar-refractivity contribution in [2.45, 2.75) is 0 Å². The Balaban J connectivity index is 2.09. The average molecular weight is 294 g/mol. The number of rotatable bonds is 4. The molecule has 0 spiro atoms. The molecule has 8 nitrogen and oxygen atoms in total. The summed E-state index contributed by atoms with van der Waals surface area (Å²) in [6.07, 6.45) is 17.0. The predicted octanol–water partition coefficient (Wildman–Crippen LogP) is -0.169. The first-order valence-electron chi connectivity index (χ1n) is 7.00. The first kappa shape index (κ1) is 12.6. The molecule has 9 heteroatoms. The van der Waals surface area contributed by atoms with Crippen molar-refractivity contribution in [1.29, 1.82) is 0 Å². The molecular weight excluding hydrogens is 279 g/mol. The van der Waals surface area contributed by atoms with Crippen molar-refractivity contribution in [2.24, 2.45) is 7.05 Å². The van der Waals surface area contributed by atoms with Crippen LogP contribution in [0.5, 0.6) is 0 Å². The molecule has 22 heavy (non-hydrogen) atoms. The summed E-state index contributed by atoms with van der Waals surface area (Å²) in [5.74, 6) is 0. The Kier molecular flexibility index (Phi) is 2.71. The summed E-state index contributed by atoms with van der Waals surface area (Å²) in [4.78, 5) is 0. The van der Waals surface area contributed by atoms with Gasteiger partial charge in [0.25, 0.3) is 0 Å². The van der Waals surface area contributed by atoms with Crippen molar-refractivity contribution < 1.29 is 4.48 Å². The van der Waals surface area contributed by atoms with Gasteiger partial charge in [-0.05, 0) is 36.8 Å². The molecule has 0 N–H and O–H groups in total. The van der Waals surface area contributed by atoms with E-state index in [0.29, 0.717) is 0 Å². The van der Waals surface area contributed by atoms with Crippen LogP contribution in [0.2, 0.25) is 0 Å². The van der Waals surface area contributed by atoms with Crippen molar-refractivity contribution in [3.8, 4) is 0 Å². The van der Waals surface area contributed by atoms with Crippen molar-refractivity contribution in [2.75, 3.05) is 0 Å². The molecular formula is C13H15BN8. The second-order valence-electron chi connectivity index (χ2n) is 5.18. The van der Waals surface area contributed by atoms with E-state index >= 15 is 0 Å². The van der Waals surface area contributed by atoms with Gasteiger partial charge in [0.15, 0.2) is 0 Å². The highest BCUT2D eigenvalue weighted by molar-refractivity contribution is 6.65. The van der Waals surface area contributed by atoms with Crippen LogP contribution in [-0.2, 0) is 7.05 Å². The molecule has 110 valence electrons. The number of aryl methyl sites for hydroxylation is 1. The van der Waals surface area contributed by atoms with Gasteiger partial charge in [0.05, 0.1) is 13.2 Å². The highest BCUT2D eigenvalue weighted by Gasteiger charge is 2.44. The molecule has 0 saturated carbocycles. The zero-order valence-corrected chi connectivity index (χ0v) is 12.1. The first-order valence-corrected chi connectivity index (χ1v) is 7.00. The molecule has 0 saturated heterocycles. The standard InChI is InChI=1S/C13H15BN8/c1-18-11-12-19(13-18)14(20-8-2-5-15-20,21-9-3-6-16-21)22-10-4-7-17-22/h2-13H,1H3. The van der Waals surface area contributed by atoms with Gasteiger partial charge in [-0.1, -0.05) is 0 Å². The van der Waals surface area contributed by atoms with Crippen molar-refractivity contribution in [3.63, 3.8) is 0 Å². The molecule has 0 aromatic carbocycles. The molecule has 0 atom stereocenters. The fraction of sp³-hybridized carbons (Fsp3) is 0.0769. The third kappa shape index (κ3) is 1.65. The lowest BCUT2D eigenvalue weighted by Crippen LogP contribution is -2.78. The Labute approximate surface area is 126 Å². The number of nitrogens with zero attached hydrogens (tertiary/aromatic N) is 8. The Morgan fingerprint density at radius 1 is 0.773 bits per heavy atom. The molecule has 4 rings (SSSR count). The Hall–Kier alpha value is -3.10. The van der Waals surface area contributed by atoms with Crippen LogP contribution < -0.4 is 4.48 Å². The van der Waals surface area contributed by atoms with E-state index in [9.17, 15) is 0 Å². The summed E-state index contributed by atoms with van der Waals surface area (Å²) in [7, 11) is 1.98. The van der Waals surface area contributed by atoms with Crippen LogP contribution in [0.3, 0.4) is 0 Å². The van der Waals surface area contributed by atoms with E-state index in [1.807, 2.05) is 80.9 Å². The predicted molar refractivity (Wildman–Crippen MR) is 79.6 cm³/mol. The molecule has 4 heterocycles. The van der Waals surface area contributed by atoms with Crippen molar-refractivity contribution in [3.05, 3.63) is 74.1 Å². The topological polar surface area (TPSA) is 62.3 Å². The highest BCUT2D eigenvalue weighted by atomic mass is 15.5. The fourth-order valence-corrected chi connectivity index (χ4v) is 2.90. The van der Waals surface area contributed by atoms with E-state index < -0.39 is 6.69 Å². The molecule has 0 aliphatic carbocycles. The molecule has 4 aromatic rings. The number of imidazole rings is 1. The molecule has 0 aliphatic heterocycles. The Morgan fingerprint density at radius 3 is 1.59 bits per heavy atom. The summed E-state index contributed by atoms with van der Waals surface area (Å²) in [5.41, 5.74) is 0.